The van der Waals surface area contributed by atoms with Crippen molar-refractivity contribution in [2.75, 3.05) is 26.6 Å². The Labute approximate surface area is 118 Å². The molecule has 0 amide bonds. The van der Waals surface area contributed by atoms with Crippen molar-refractivity contribution in [1.29, 1.82) is 0 Å². The molecule has 0 aliphatic heterocycles. The Morgan fingerprint density at radius 2 is 1.75 bits per heavy atom. The van der Waals surface area contributed by atoms with E-state index < -0.39 is 0 Å². The molecule has 0 saturated carbocycles. The summed E-state index contributed by atoms with van der Waals surface area (Å²) in [6.45, 7) is 0.613. The number of hydrogen-bond acceptors (Lipinski definition) is 5. The van der Waals surface area contributed by atoms with Crippen LogP contribution in [0.5, 0.6) is 17.2 Å². The maximum Gasteiger partial charge on any atom is 0.203 e. The number of imidazole rings is 1. The zero-order valence-electron chi connectivity index (χ0n) is 12.1. The molecule has 6 nitrogen and oxygen atoms in total. The van der Waals surface area contributed by atoms with Crippen LogP contribution in [-0.2, 0) is 13.6 Å². The molecule has 108 valence electrons. The molecular formula is C14H19N3O3. The lowest BCUT2D eigenvalue weighted by molar-refractivity contribution is 0.324. The molecule has 0 unspecified atom stereocenters. The van der Waals surface area contributed by atoms with Crippen LogP contribution in [0.4, 0.5) is 5.69 Å². The number of aryl methyl sites for hydroxylation is 1. The van der Waals surface area contributed by atoms with E-state index in [0.29, 0.717) is 23.8 Å². The normalized spacial score (nSPS) is 10.2. The summed E-state index contributed by atoms with van der Waals surface area (Å²) in [5.41, 5.74) is 0.877. The highest BCUT2D eigenvalue weighted by atomic mass is 16.5. The van der Waals surface area contributed by atoms with Crippen LogP contribution in [0.1, 0.15) is 5.82 Å². The Kier molecular flexibility index (Phi) is 4.34. The number of nitrogens with one attached hydrogen (secondary N) is 1. The van der Waals surface area contributed by atoms with Gasteiger partial charge in [-0.3, -0.25) is 0 Å². The first-order valence-electron chi connectivity index (χ1n) is 6.19. The van der Waals surface area contributed by atoms with Gasteiger partial charge in [0.2, 0.25) is 5.75 Å². The van der Waals surface area contributed by atoms with Crippen LogP contribution in [0.3, 0.4) is 0 Å². The Bertz CT molecular complexity index is 556. The van der Waals surface area contributed by atoms with E-state index >= 15 is 0 Å². The third kappa shape index (κ3) is 2.79. The smallest absolute Gasteiger partial charge is 0.203 e. The van der Waals surface area contributed by atoms with E-state index in [-0.39, 0.29) is 0 Å². The lowest BCUT2D eigenvalue weighted by atomic mass is 10.2. The highest BCUT2D eigenvalue weighted by Gasteiger charge is 2.13. The molecule has 0 bridgehead atoms. The van der Waals surface area contributed by atoms with Gasteiger partial charge in [-0.05, 0) is 0 Å². The zero-order valence-corrected chi connectivity index (χ0v) is 12.1. The predicted octanol–water partition coefficient (Wildman–Crippen LogP) is 2.06. The van der Waals surface area contributed by atoms with E-state index in [0.717, 1.165) is 11.5 Å². The number of ether oxygens (including phenoxy) is 3. The zero-order chi connectivity index (χ0) is 14.5. The van der Waals surface area contributed by atoms with Gasteiger partial charge in [0, 0.05) is 37.3 Å². The van der Waals surface area contributed by atoms with Crippen LogP contribution in [-0.4, -0.2) is 30.9 Å². The molecule has 6 heteroatoms. The minimum atomic E-state index is 0.581. The van der Waals surface area contributed by atoms with Gasteiger partial charge >= 0.3 is 0 Å². The van der Waals surface area contributed by atoms with Crippen LogP contribution in [0.2, 0.25) is 0 Å². The Balaban J connectivity index is 2.21. The van der Waals surface area contributed by atoms with Gasteiger partial charge in [0.15, 0.2) is 11.5 Å². The van der Waals surface area contributed by atoms with E-state index in [1.54, 1.807) is 27.5 Å². The maximum atomic E-state index is 5.31. The second kappa shape index (κ2) is 6.18. The fourth-order valence-corrected chi connectivity index (χ4v) is 1.93. The first kappa shape index (κ1) is 14.0. The molecule has 0 atom stereocenters. The molecule has 0 saturated heterocycles. The Morgan fingerprint density at radius 3 is 2.20 bits per heavy atom. The van der Waals surface area contributed by atoms with Crippen molar-refractivity contribution in [3.8, 4) is 17.2 Å². The third-order valence-corrected chi connectivity index (χ3v) is 3.04. The lowest BCUT2D eigenvalue weighted by Gasteiger charge is -2.15. The Hall–Kier alpha value is -2.37. The van der Waals surface area contributed by atoms with E-state index in [9.17, 15) is 0 Å². The van der Waals surface area contributed by atoms with Gasteiger partial charge in [-0.2, -0.15) is 0 Å². The maximum absolute atomic E-state index is 5.31. The van der Waals surface area contributed by atoms with Crippen LogP contribution < -0.4 is 19.5 Å². The molecule has 1 aromatic heterocycles. The number of hydrogen-bond donors (Lipinski definition) is 1. The van der Waals surface area contributed by atoms with Crippen molar-refractivity contribution < 1.29 is 14.2 Å². The molecular weight excluding hydrogens is 258 g/mol. The number of benzene rings is 1. The fourth-order valence-electron chi connectivity index (χ4n) is 1.93. The van der Waals surface area contributed by atoms with Crippen molar-refractivity contribution in [3.63, 3.8) is 0 Å². The summed E-state index contributed by atoms with van der Waals surface area (Å²) in [6, 6.07) is 3.73. The molecule has 1 N–H and O–H groups in total. The van der Waals surface area contributed by atoms with Gasteiger partial charge in [0.25, 0.3) is 0 Å². The fraction of sp³-hybridized carbons (Fsp3) is 0.357. The van der Waals surface area contributed by atoms with Crippen LogP contribution >= 0.6 is 0 Å². The van der Waals surface area contributed by atoms with Crippen molar-refractivity contribution in [2.24, 2.45) is 7.05 Å². The van der Waals surface area contributed by atoms with E-state index in [1.165, 1.54) is 0 Å². The van der Waals surface area contributed by atoms with Gasteiger partial charge in [-0.15, -0.1) is 0 Å². The van der Waals surface area contributed by atoms with Crippen molar-refractivity contribution in [3.05, 3.63) is 30.4 Å². The van der Waals surface area contributed by atoms with Crippen molar-refractivity contribution in [1.82, 2.24) is 9.55 Å². The van der Waals surface area contributed by atoms with Crippen LogP contribution in [0.15, 0.2) is 24.5 Å². The molecule has 0 aliphatic rings. The predicted molar refractivity (Wildman–Crippen MR) is 76.6 cm³/mol. The largest absolute Gasteiger partial charge is 0.493 e. The van der Waals surface area contributed by atoms with Crippen LogP contribution in [0, 0.1) is 0 Å². The van der Waals surface area contributed by atoms with Gasteiger partial charge in [-0.1, -0.05) is 0 Å². The van der Waals surface area contributed by atoms with Gasteiger partial charge < -0.3 is 24.1 Å². The monoisotopic (exact) mass is 277 g/mol. The van der Waals surface area contributed by atoms with Gasteiger partial charge in [-0.25, -0.2) is 4.98 Å². The molecule has 1 aromatic carbocycles. The molecule has 1 heterocycles. The van der Waals surface area contributed by atoms with Gasteiger partial charge in [0.1, 0.15) is 5.82 Å². The van der Waals surface area contributed by atoms with Crippen molar-refractivity contribution in [2.45, 2.75) is 6.54 Å². The third-order valence-electron chi connectivity index (χ3n) is 3.04. The van der Waals surface area contributed by atoms with Crippen LogP contribution in [0.25, 0.3) is 0 Å². The van der Waals surface area contributed by atoms with Gasteiger partial charge in [0.05, 0.1) is 27.9 Å². The molecule has 0 radical (unpaired) electrons. The van der Waals surface area contributed by atoms with Crippen molar-refractivity contribution >= 4 is 5.69 Å². The molecule has 0 aliphatic carbocycles. The van der Waals surface area contributed by atoms with E-state index in [4.69, 9.17) is 14.2 Å². The summed E-state index contributed by atoms with van der Waals surface area (Å²) in [5, 5.41) is 3.29. The number of rotatable bonds is 6. The summed E-state index contributed by atoms with van der Waals surface area (Å²) in [5.74, 6) is 2.76. The minimum absolute atomic E-state index is 0.581. The number of methoxy groups -OCH3 is 3. The average Bonchev–Trinajstić information content (AvgIpc) is 2.89. The topological polar surface area (TPSA) is 57.5 Å². The summed E-state index contributed by atoms with van der Waals surface area (Å²) < 4.78 is 17.9. The summed E-state index contributed by atoms with van der Waals surface area (Å²) >= 11 is 0. The standard InChI is InChI=1S/C14H19N3O3/c1-17-6-5-15-13(17)9-16-10-7-11(18-2)14(20-4)12(8-10)19-3/h5-8,16H,9H2,1-4H3. The number of aromatic nitrogens is 2. The quantitative estimate of drug-likeness (QED) is 0.876. The minimum Gasteiger partial charge on any atom is -0.493 e. The molecule has 2 rings (SSSR count). The van der Waals surface area contributed by atoms with E-state index in [2.05, 4.69) is 10.3 Å². The first-order chi connectivity index (χ1) is 9.69. The molecule has 20 heavy (non-hydrogen) atoms. The highest BCUT2D eigenvalue weighted by molar-refractivity contribution is 5.62. The summed E-state index contributed by atoms with van der Waals surface area (Å²) in [7, 11) is 6.74. The summed E-state index contributed by atoms with van der Waals surface area (Å²) in [4.78, 5) is 4.26. The lowest BCUT2D eigenvalue weighted by Crippen LogP contribution is -2.06. The molecule has 2 aromatic rings. The molecule has 0 fully saturated rings. The molecule has 0 spiro atoms. The average molecular weight is 277 g/mol. The number of nitrogens with zero attached hydrogens (tertiary/aromatic N) is 2. The second-order valence-corrected chi connectivity index (χ2v) is 4.22. The summed E-state index contributed by atoms with van der Waals surface area (Å²) in [6.07, 6.45) is 3.68. The second-order valence-electron chi connectivity index (χ2n) is 4.22. The number of anilines is 1. The Morgan fingerprint density at radius 1 is 1.10 bits per heavy atom. The first-order valence-corrected chi connectivity index (χ1v) is 6.19. The van der Waals surface area contributed by atoms with E-state index in [1.807, 2.05) is 29.9 Å². The highest BCUT2D eigenvalue weighted by Crippen LogP contribution is 2.39. The SMILES string of the molecule is COc1cc(NCc2nccn2C)cc(OC)c1OC.